The minimum absolute atomic E-state index is 0.0101. The third kappa shape index (κ3) is 1.26. The molecule has 2 fully saturated rings. The molecule has 0 radical (unpaired) electrons. The summed E-state index contributed by atoms with van der Waals surface area (Å²) in [5.74, 6) is 0.125. The van der Waals surface area contributed by atoms with Gasteiger partial charge in [-0.2, -0.15) is 0 Å². The second kappa shape index (κ2) is 2.98. The van der Waals surface area contributed by atoms with E-state index in [0.29, 0.717) is 0 Å². The minimum Gasteiger partial charge on any atom is -0.469 e. The predicted octanol–water partition coefficient (Wildman–Crippen LogP) is 0.891. The van der Waals surface area contributed by atoms with E-state index >= 15 is 0 Å². The van der Waals surface area contributed by atoms with Crippen LogP contribution in [0.3, 0.4) is 0 Å². The molecule has 1 aliphatic heterocycles. The third-order valence-corrected chi connectivity index (χ3v) is 3.65. The predicted molar refractivity (Wildman–Crippen MR) is 49.3 cm³/mol. The molecule has 0 amide bonds. The van der Waals surface area contributed by atoms with Gasteiger partial charge in [0.1, 0.15) is 0 Å². The van der Waals surface area contributed by atoms with Crippen molar-refractivity contribution in [3.05, 3.63) is 0 Å². The van der Waals surface area contributed by atoms with Gasteiger partial charge in [0.2, 0.25) is 0 Å². The molecule has 0 aromatic rings. The molecular weight excluding hydrogens is 166 g/mol. The molecule has 2 rings (SSSR count). The van der Waals surface area contributed by atoms with Gasteiger partial charge in [-0.1, -0.05) is 6.42 Å². The van der Waals surface area contributed by atoms with Gasteiger partial charge in [-0.3, -0.25) is 4.79 Å². The van der Waals surface area contributed by atoms with E-state index < -0.39 is 0 Å². The van der Waals surface area contributed by atoms with Gasteiger partial charge in [0, 0.05) is 13.1 Å². The third-order valence-electron chi connectivity index (χ3n) is 3.65. The molecule has 1 unspecified atom stereocenters. The molecular formula is C10H17NO2. The normalized spacial score (nSPS) is 31.7. The van der Waals surface area contributed by atoms with E-state index in [-0.39, 0.29) is 17.3 Å². The second-order valence-electron chi connectivity index (χ2n) is 4.49. The van der Waals surface area contributed by atoms with Gasteiger partial charge in [0.25, 0.3) is 0 Å². The monoisotopic (exact) mass is 183 g/mol. The molecule has 0 bridgehead atoms. The van der Waals surface area contributed by atoms with Crippen molar-refractivity contribution < 1.29 is 9.53 Å². The largest absolute Gasteiger partial charge is 0.469 e. The van der Waals surface area contributed by atoms with Crippen LogP contribution in [0.2, 0.25) is 0 Å². The van der Waals surface area contributed by atoms with Gasteiger partial charge >= 0.3 is 5.97 Å². The van der Waals surface area contributed by atoms with E-state index in [2.05, 4.69) is 11.9 Å². The van der Waals surface area contributed by atoms with Gasteiger partial charge in [0.05, 0.1) is 13.0 Å². The Morgan fingerprint density at radius 3 is 2.69 bits per heavy atom. The van der Waals surface area contributed by atoms with Gasteiger partial charge in [-0.05, 0) is 25.3 Å². The topological polar surface area (TPSA) is 29.5 Å². The number of likely N-dealkylation sites (tertiary alicyclic amines) is 1. The van der Waals surface area contributed by atoms with Crippen LogP contribution >= 0.6 is 0 Å². The lowest BCUT2D eigenvalue weighted by atomic mass is 9.63. The minimum atomic E-state index is -0.0101. The number of rotatable bonds is 1. The van der Waals surface area contributed by atoms with Crippen LogP contribution in [0, 0.1) is 11.3 Å². The van der Waals surface area contributed by atoms with E-state index in [1.807, 2.05) is 0 Å². The molecule has 1 heterocycles. The average molecular weight is 183 g/mol. The highest BCUT2D eigenvalue weighted by atomic mass is 16.5. The maximum atomic E-state index is 11.5. The van der Waals surface area contributed by atoms with Crippen LogP contribution < -0.4 is 0 Å². The van der Waals surface area contributed by atoms with Crippen molar-refractivity contribution in [3.63, 3.8) is 0 Å². The molecule has 1 aliphatic carbocycles. The Bertz CT molecular complexity index is 223. The summed E-state index contributed by atoms with van der Waals surface area (Å²) in [6.07, 6.45) is 3.69. The molecule has 13 heavy (non-hydrogen) atoms. The molecule has 0 aromatic carbocycles. The van der Waals surface area contributed by atoms with Gasteiger partial charge in [-0.15, -0.1) is 0 Å². The number of hydrogen-bond donors (Lipinski definition) is 0. The lowest BCUT2D eigenvalue weighted by molar-refractivity contribution is -0.150. The van der Waals surface area contributed by atoms with Crippen molar-refractivity contribution in [2.24, 2.45) is 11.3 Å². The molecule has 74 valence electrons. The summed E-state index contributed by atoms with van der Waals surface area (Å²) in [7, 11) is 3.58. The zero-order valence-electron chi connectivity index (χ0n) is 8.38. The first-order chi connectivity index (χ1) is 6.18. The van der Waals surface area contributed by atoms with E-state index in [4.69, 9.17) is 4.74 Å². The first kappa shape index (κ1) is 9.00. The Balaban J connectivity index is 2.12. The van der Waals surface area contributed by atoms with Crippen molar-refractivity contribution in [3.8, 4) is 0 Å². The summed E-state index contributed by atoms with van der Waals surface area (Å²) >= 11 is 0. The smallest absolute Gasteiger partial charge is 0.310 e. The van der Waals surface area contributed by atoms with Crippen molar-refractivity contribution >= 4 is 5.97 Å². The summed E-state index contributed by atoms with van der Waals surface area (Å²) in [6.45, 7) is 1.96. The van der Waals surface area contributed by atoms with Crippen molar-refractivity contribution in [2.45, 2.75) is 19.3 Å². The fraction of sp³-hybridized carbons (Fsp3) is 0.900. The van der Waals surface area contributed by atoms with Crippen molar-refractivity contribution in [1.82, 2.24) is 4.90 Å². The Hall–Kier alpha value is -0.570. The zero-order chi connectivity index (χ0) is 9.47. The summed E-state index contributed by atoms with van der Waals surface area (Å²) in [5, 5.41) is 0. The number of carbonyl (C=O) groups is 1. The quantitative estimate of drug-likeness (QED) is 0.565. The van der Waals surface area contributed by atoms with Crippen molar-refractivity contribution in [1.29, 1.82) is 0 Å². The maximum absolute atomic E-state index is 11.5. The number of ether oxygens (including phenoxy) is 1. The van der Waals surface area contributed by atoms with Crippen LogP contribution in [0.4, 0.5) is 0 Å². The van der Waals surface area contributed by atoms with Crippen LogP contribution in [0.1, 0.15) is 19.3 Å². The number of hydrogen-bond acceptors (Lipinski definition) is 3. The molecule has 3 nitrogen and oxygen atoms in total. The Morgan fingerprint density at radius 1 is 1.54 bits per heavy atom. The fourth-order valence-corrected chi connectivity index (χ4v) is 2.82. The lowest BCUT2D eigenvalue weighted by Crippen LogP contribution is -2.41. The molecule has 0 N–H and O–H groups in total. The number of esters is 1. The number of carbonyl (C=O) groups excluding carboxylic acids is 1. The van der Waals surface area contributed by atoms with Crippen LogP contribution in [0.25, 0.3) is 0 Å². The summed E-state index contributed by atoms with van der Waals surface area (Å²) in [5.41, 5.74) is 0.280. The van der Waals surface area contributed by atoms with Gasteiger partial charge < -0.3 is 9.64 Å². The number of nitrogens with zero attached hydrogens (tertiary/aromatic N) is 1. The van der Waals surface area contributed by atoms with Crippen LogP contribution in [-0.2, 0) is 9.53 Å². The summed E-state index contributed by atoms with van der Waals surface area (Å²) < 4.78 is 4.85. The molecule has 1 atom stereocenters. The second-order valence-corrected chi connectivity index (χ2v) is 4.49. The van der Waals surface area contributed by atoms with Gasteiger partial charge in [-0.25, -0.2) is 0 Å². The molecule has 2 aliphatic rings. The summed E-state index contributed by atoms with van der Waals surface area (Å²) in [4.78, 5) is 13.8. The van der Waals surface area contributed by atoms with Crippen molar-refractivity contribution in [2.75, 3.05) is 27.2 Å². The maximum Gasteiger partial charge on any atom is 0.310 e. The molecule has 3 heteroatoms. The Kier molecular flexibility index (Phi) is 2.06. The van der Waals surface area contributed by atoms with Crippen LogP contribution in [-0.4, -0.2) is 38.1 Å². The van der Waals surface area contributed by atoms with Gasteiger partial charge in [0.15, 0.2) is 0 Å². The number of methoxy groups -OCH3 is 1. The highest BCUT2D eigenvalue weighted by Gasteiger charge is 2.52. The summed E-state index contributed by atoms with van der Waals surface area (Å²) in [6, 6.07) is 0. The zero-order valence-corrected chi connectivity index (χ0v) is 8.38. The molecule has 1 spiro atoms. The van der Waals surface area contributed by atoms with E-state index in [1.165, 1.54) is 26.4 Å². The van der Waals surface area contributed by atoms with E-state index in [1.54, 1.807) is 0 Å². The van der Waals surface area contributed by atoms with E-state index in [0.717, 1.165) is 13.1 Å². The Morgan fingerprint density at radius 2 is 2.23 bits per heavy atom. The standard InChI is InChI=1S/C10H17NO2/c1-11-6-8(9(12)13-2)10(7-11)4-3-5-10/h8H,3-7H2,1-2H3. The molecule has 1 saturated carbocycles. The molecule has 0 aromatic heterocycles. The van der Waals surface area contributed by atoms with E-state index in [9.17, 15) is 4.79 Å². The SMILES string of the molecule is COC(=O)C1CN(C)CC12CCC2. The van der Waals surface area contributed by atoms with Crippen LogP contribution in [0.15, 0.2) is 0 Å². The average Bonchev–Trinajstić information content (AvgIpc) is 2.41. The first-order valence-electron chi connectivity index (χ1n) is 4.94. The first-order valence-corrected chi connectivity index (χ1v) is 4.94. The molecule has 1 saturated heterocycles. The lowest BCUT2D eigenvalue weighted by Gasteiger charge is -2.41. The highest BCUT2D eigenvalue weighted by molar-refractivity contribution is 5.74. The fourth-order valence-electron chi connectivity index (χ4n) is 2.82. The highest BCUT2D eigenvalue weighted by Crippen LogP contribution is 2.51. The van der Waals surface area contributed by atoms with Crippen LogP contribution in [0.5, 0.6) is 0 Å². The Labute approximate surface area is 79.0 Å².